The first kappa shape index (κ1) is 15.6. The molecule has 0 fully saturated rings. The Morgan fingerprint density at radius 3 is 2.60 bits per heavy atom. The number of hydrogen-bond donors (Lipinski definition) is 2. The lowest BCUT2D eigenvalue weighted by Gasteiger charge is -2.14. The summed E-state index contributed by atoms with van der Waals surface area (Å²) in [6.07, 6.45) is -0.0397. The molecule has 0 aliphatic rings. The van der Waals surface area contributed by atoms with Crippen LogP contribution >= 0.6 is 0 Å². The molecule has 1 rings (SSSR count). The topological polar surface area (TPSA) is 96.0 Å². The fraction of sp³-hybridized carbons (Fsp3) is 0.308. The molecule has 0 saturated carbocycles. The van der Waals surface area contributed by atoms with Crippen molar-refractivity contribution in [3.8, 4) is 6.07 Å². The Bertz CT molecular complexity index is 555. The lowest BCUT2D eigenvalue weighted by Crippen LogP contribution is -2.44. The van der Waals surface area contributed by atoms with Crippen molar-refractivity contribution in [2.75, 3.05) is 0 Å². The number of halogens is 2. The van der Waals surface area contributed by atoms with Crippen molar-refractivity contribution in [3.05, 3.63) is 35.4 Å². The maximum Gasteiger partial charge on any atom is 0.240 e. The van der Waals surface area contributed by atoms with Crippen LogP contribution in [0.25, 0.3) is 0 Å². The molecule has 0 unspecified atom stereocenters. The van der Waals surface area contributed by atoms with Crippen LogP contribution in [0.5, 0.6) is 0 Å². The Morgan fingerprint density at radius 2 is 2.05 bits per heavy atom. The number of rotatable bonds is 6. The molecular weight excluding hydrogens is 268 g/mol. The molecule has 7 heteroatoms. The minimum absolute atomic E-state index is 0.0685. The first-order valence-electron chi connectivity index (χ1n) is 5.83. The van der Waals surface area contributed by atoms with E-state index in [-0.39, 0.29) is 24.8 Å². The van der Waals surface area contributed by atoms with E-state index >= 15 is 0 Å². The summed E-state index contributed by atoms with van der Waals surface area (Å²) in [6, 6.07) is 3.98. The number of primary amides is 1. The van der Waals surface area contributed by atoms with Gasteiger partial charge >= 0.3 is 0 Å². The number of carbonyl (C=O) groups is 2. The molecule has 106 valence electrons. The van der Waals surface area contributed by atoms with Gasteiger partial charge in [0, 0.05) is 6.42 Å². The lowest BCUT2D eigenvalue weighted by atomic mass is 10.1. The van der Waals surface area contributed by atoms with E-state index in [2.05, 4.69) is 5.32 Å². The van der Waals surface area contributed by atoms with E-state index < -0.39 is 29.5 Å². The van der Waals surface area contributed by atoms with Gasteiger partial charge in [0.1, 0.15) is 6.04 Å². The average Bonchev–Trinajstić information content (AvgIpc) is 2.38. The molecule has 0 aliphatic heterocycles. The number of amides is 2. The van der Waals surface area contributed by atoms with Crippen molar-refractivity contribution in [1.29, 1.82) is 5.26 Å². The van der Waals surface area contributed by atoms with Crippen molar-refractivity contribution in [3.63, 3.8) is 0 Å². The Morgan fingerprint density at radius 1 is 1.35 bits per heavy atom. The average molecular weight is 281 g/mol. The van der Waals surface area contributed by atoms with E-state index in [4.69, 9.17) is 11.0 Å². The molecular formula is C13H13F2N3O2. The predicted molar refractivity (Wildman–Crippen MR) is 66.0 cm³/mol. The second-order valence-electron chi connectivity index (χ2n) is 4.14. The van der Waals surface area contributed by atoms with E-state index in [9.17, 15) is 18.4 Å². The second kappa shape index (κ2) is 7.19. The number of nitrogens with one attached hydrogen (secondary N) is 1. The first-order chi connectivity index (χ1) is 9.43. The standard InChI is InChI=1S/C13H13F2N3O2/c14-9-4-3-8(6-10(9)15)7-12(19)18-11(13(17)20)2-1-5-16/h3-4,6,11H,1-2,7H2,(H2,17,20)(H,18,19)/t11-/m1/s1. The summed E-state index contributed by atoms with van der Waals surface area (Å²) in [7, 11) is 0. The smallest absolute Gasteiger partial charge is 0.240 e. The van der Waals surface area contributed by atoms with E-state index in [1.807, 2.05) is 6.07 Å². The number of nitriles is 1. The van der Waals surface area contributed by atoms with Crippen LogP contribution in [0.15, 0.2) is 18.2 Å². The summed E-state index contributed by atoms with van der Waals surface area (Å²) >= 11 is 0. The fourth-order valence-corrected chi connectivity index (χ4v) is 1.57. The molecule has 2 amide bonds. The monoisotopic (exact) mass is 281 g/mol. The predicted octanol–water partition coefficient (Wildman–Crippen LogP) is 0.781. The molecule has 0 heterocycles. The van der Waals surface area contributed by atoms with E-state index in [1.165, 1.54) is 6.07 Å². The molecule has 3 N–H and O–H groups in total. The SMILES string of the molecule is N#CCC[C@@H](NC(=O)Cc1ccc(F)c(F)c1)C(N)=O. The van der Waals surface area contributed by atoms with Crippen LogP contribution in [-0.4, -0.2) is 17.9 Å². The van der Waals surface area contributed by atoms with Gasteiger partial charge in [0.2, 0.25) is 11.8 Å². The van der Waals surface area contributed by atoms with Gasteiger partial charge in [0.25, 0.3) is 0 Å². The van der Waals surface area contributed by atoms with Gasteiger partial charge in [-0.25, -0.2) is 8.78 Å². The minimum atomic E-state index is -1.05. The summed E-state index contributed by atoms with van der Waals surface area (Å²) in [5.41, 5.74) is 5.36. The Kier molecular flexibility index (Phi) is 5.59. The molecule has 0 radical (unpaired) electrons. The molecule has 0 aromatic heterocycles. The largest absolute Gasteiger partial charge is 0.368 e. The summed E-state index contributed by atoms with van der Waals surface area (Å²) in [6.45, 7) is 0. The highest BCUT2D eigenvalue weighted by Gasteiger charge is 2.18. The van der Waals surface area contributed by atoms with E-state index in [1.54, 1.807) is 0 Å². The van der Waals surface area contributed by atoms with Crippen LogP contribution in [0.2, 0.25) is 0 Å². The molecule has 0 aliphatic carbocycles. The van der Waals surface area contributed by atoms with Crippen LogP contribution in [-0.2, 0) is 16.0 Å². The minimum Gasteiger partial charge on any atom is -0.368 e. The zero-order valence-corrected chi connectivity index (χ0v) is 10.5. The third-order valence-electron chi connectivity index (χ3n) is 2.57. The molecule has 20 heavy (non-hydrogen) atoms. The highest BCUT2D eigenvalue weighted by atomic mass is 19.2. The van der Waals surface area contributed by atoms with Gasteiger partial charge in [0.05, 0.1) is 12.5 Å². The van der Waals surface area contributed by atoms with Gasteiger partial charge in [-0.15, -0.1) is 0 Å². The third-order valence-corrected chi connectivity index (χ3v) is 2.57. The highest BCUT2D eigenvalue weighted by molar-refractivity contribution is 5.87. The second-order valence-corrected chi connectivity index (χ2v) is 4.14. The number of nitrogens with two attached hydrogens (primary N) is 1. The van der Waals surface area contributed by atoms with Crippen LogP contribution in [0.4, 0.5) is 8.78 Å². The first-order valence-corrected chi connectivity index (χ1v) is 5.83. The maximum absolute atomic E-state index is 13.0. The van der Waals surface area contributed by atoms with Crippen LogP contribution in [0.1, 0.15) is 18.4 Å². The number of benzene rings is 1. The molecule has 0 spiro atoms. The Balaban J connectivity index is 2.63. The van der Waals surface area contributed by atoms with E-state index in [0.717, 1.165) is 12.1 Å². The van der Waals surface area contributed by atoms with Crippen LogP contribution < -0.4 is 11.1 Å². The summed E-state index contributed by atoms with van der Waals surface area (Å²) in [4.78, 5) is 22.7. The fourth-order valence-electron chi connectivity index (χ4n) is 1.57. The van der Waals surface area contributed by atoms with Crippen LogP contribution in [0, 0.1) is 23.0 Å². The number of carbonyl (C=O) groups excluding carboxylic acids is 2. The number of hydrogen-bond acceptors (Lipinski definition) is 3. The quantitative estimate of drug-likeness (QED) is 0.806. The Hall–Kier alpha value is -2.49. The van der Waals surface area contributed by atoms with E-state index in [0.29, 0.717) is 0 Å². The summed E-state index contributed by atoms with van der Waals surface area (Å²) in [5, 5.41) is 10.8. The zero-order chi connectivity index (χ0) is 15.1. The van der Waals surface area contributed by atoms with Crippen molar-refractivity contribution < 1.29 is 18.4 Å². The lowest BCUT2D eigenvalue weighted by molar-refractivity contribution is -0.127. The summed E-state index contributed by atoms with van der Waals surface area (Å²) < 4.78 is 25.7. The maximum atomic E-state index is 13.0. The normalized spacial score (nSPS) is 11.4. The molecule has 1 aromatic rings. The van der Waals surface area contributed by atoms with Crippen molar-refractivity contribution in [1.82, 2.24) is 5.32 Å². The number of nitrogens with zero attached hydrogens (tertiary/aromatic N) is 1. The molecule has 0 saturated heterocycles. The molecule has 0 bridgehead atoms. The van der Waals surface area contributed by atoms with Gasteiger partial charge in [0.15, 0.2) is 11.6 Å². The van der Waals surface area contributed by atoms with Gasteiger partial charge in [-0.2, -0.15) is 5.26 Å². The van der Waals surface area contributed by atoms with Crippen molar-refractivity contribution >= 4 is 11.8 Å². The Labute approximate surface area is 114 Å². The highest BCUT2D eigenvalue weighted by Crippen LogP contribution is 2.09. The van der Waals surface area contributed by atoms with Crippen LogP contribution in [0.3, 0.4) is 0 Å². The third kappa shape index (κ3) is 4.65. The van der Waals surface area contributed by atoms with Gasteiger partial charge in [-0.05, 0) is 24.1 Å². The van der Waals surface area contributed by atoms with Crippen molar-refractivity contribution in [2.45, 2.75) is 25.3 Å². The van der Waals surface area contributed by atoms with Gasteiger partial charge in [-0.3, -0.25) is 9.59 Å². The molecule has 1 atom stereocenters. The molecule has 1 aromatic carbocycles. The summed E-state index contributed by atoms with van der Waals surface area (Å²) in [5.74, 6) is -3.36. The zero-order valence-electron chi connectivity index (χ0n) is 10.5. The van der Waals surface area contributed by atoms with Gasteiger partial charge < -0.3 is 11.1 Å². The van der Waals surface area contributed by atoms with Gasteiger partial charge in [-0.1, -0.05) is 6.07 Å². The van der Waals surface area contributed by atoms with Crippen molar-refractivity contribution in [2.24, 2.45) is 5.73 Å². The molecule has 5 nitrogen and oxygen atoms in total.